The Balaban J connectivity index is 2.07. The second kappa shape index (κ2) is 7.93. The molecule has 0 bridgehead atoms. The SMILES string of the molecule is CNC(=O)COc1ccc(S(=O)(=O)NCc2csc(C)n2)cc1Cl. The lowest BCUT2D eigenvalue weighted by molar-refractivity contribution is -0.122. The number of carbonyl (C=O) groups excluding carboxylic acids is 1. The number of nitrogens with zero attached hydrogens (tertiary/aromatic N) is 1. The molecular formula is C14H16ClN3O4S2. The van der Waals surface area contributed by atoms with Crippen molar-refractivity contribution < 1.29 is 17.9 Å². The van der Waals surface area contributed by atoms with E-state index < -0.39 is 10.0 Å². The number of halogens is 1. The number of hydrogen-bond donors (Lipinski definition) is 2. The van der Waals surface area contributed by atoms with E-state index in [-0.39, 0.29) is 34.7 Å². The zero-order valence-corrected chi connectivity index (χ0v) is 15.4. The van der Waals surface area contributed by atoms with Crippen molar-refractivity contribution >= 4 is 38.9 Å². The van der Waals surface area contributed by atoms with Crippen molar-refractivity contribution in [2.45, 2.75) is 18.4 Å². The Morgan fingerprint density at radius 2 is 2.17 bits per heavy atom. The number of aromatic nitrogens is 1. The molecule has 1 heterocycles. The Bertz CT molecular complexity index is 836. The first kappa shape index (κ1) is 18.7. The topological polar surface area (TPSA) is 97.4 Å². The monoisotopic (exact) mass is 389 g/mol. The van der Waals surface area contributed by atoms with Crippen molar-refractivity contribution in [1.29, 1.82) is 0 Å². The molecule has 0 saturated carbocycles. The predicted octanol–water partition coefficient (Wildman–Crippen LogP) is 1.71. The highest BCUT2D eigenvalue weighted by Crippen LogP contribution is 2.27. The molecule has 0 atom stereocenters. The highest BCUT2D eigenvalue weighted by molar-refractivity contribution is 7.89. The molecule has 0 aliphatic rings. The van der Waals surface area contributed by atoms with Crippen LogP contribution < -0.4 is 14.8 Å². The zero-order valence-electron chi connectivity index (χ0n) is 13.0. The average molecular weight is 390 g/mol. The fourth-order valence-electron chi connectivity index (χ4n) is 1.72. The van der Waals surface area contributed by atoms with Crippen molar-refractivity contribution in [3.63, 3.8) is 0 Å². The first-order valence-electron chi connectivity index (χ1n) is 6.85. The number of nitrogens with one attached hydrogen (secondary N) is 2. The van der Waals surface area contributed by atoms with E-state index in [4.69, 9.17) is 16.3 Å². The van der Waals surface area contributed by atoms with Crippen molar-refractivity contribution in [2.24, 2.45) is 0 Å². The number of rotatable bonds is 7. The minimum atomic E-state index is -3.73. The average Bonchev–Trinajstić information content (AvgIpc) is 2.97. The number of aryl methyl sites for hydroxylation is 1. The molecule has 1 aromatic heterocycles. The van der Waals surface area contributed by atoms with Crippen molar-refractivity contribution in [3.8, 4) is 5.75 Å². The Labute approximate surface area is 149 Å². The highest BCUT2D eigenvalue weighted by Gasteiger charge is 2.17. The summed E-state index contributed by atoms with van der Waals surface area (Å²) in [4.78, 5) is 15.4. The van der Waals surface area contributed by atoms with E-state index in [2.05, 4.69) is 15.0 Å². The third kappa shape index (κ3) is 4.91. The Morgan fingerprint density at radius 1 is 1.42 bits per heavy atom. The highest BCUT2D eigenvalue weighted by atomic mass is 35.5. The van der Waals surface area contributed by atoms with E-state index in [0.29, 0.717) is 5.69 Å². The molecule has 0 fully saturated rings. The summed E-state index contributed by atoms with van der Waals surface area (Å²) in [5.74, 6) is -0.0858. The van der Waals surface area contributed by atoms with Crippen molar-refractivity contribution in [1.82, 2.24) is 15.0 Å². The minimum Gasteiger partial charge on any atom is -0.482 e. The summed E-state index contributed by atoms with van der Waals surface area (Å²) >= 11 is 7.47. The molecule has 2 rings (SSSR count). The summed E-state index contributed by atoms with van der Waals surface area (Å²) in [6, 6.07) is 4.04. The molecule has 2 N–H and O–H groups in total. The number of hydrogen-bond acceptors (Lipinski definition) is 6. The van der Waals surface area contributed by atoms with Gasteiger partial charge < -0.3 is 10.1 Å². The molecule has 130 valence electrons. The summed E-state index contributed by atoms with van der Waals surface area (Å²) in [5, 5.41) is 5.17. The third-order valence-corrected chi connectivity index (χ3v) is 5.48. The third-order valence-electron chi connectivity index (χ3n) is 2.96. The van der Waals surface area contributed by atoms with Crippen LogP contribution in [-0.2, 0) is 21.4 Å². The lowest BCUT2D eigenvalue weighted by Crippen LogP contribution is -2.25. The first-order valence-corrected chi connectivity index (χ1v) is 9.59. The van der Waals surface area contributed by atoms with Gasteiger partial charge >= 0.3 is 0 Å². The van der Waals surface area contributed by atoms with Gasteiger partial charge in [0, 0.05) is 12.4 Å². The molecule has 0 aliphatic heterocycles. The molecule has 0 radical (unpaired) electrons. The molecule has 2 aromatic rings. The summed E-state index contributed by atoms with van der Waals surface area (Å²) < 4.78 is 32.3. The van der Waals surface area contributed by atoms with Gasteiger partial charge in [-0.3, -0.25) is 4.79 Å². The van der Waals surface area contributed by atoms with Crippen molar-refractivity contribution in [2.75, 3.05) is 13.7 Å². The second-order valence-corrected chi connectivity index (χ2v) is 7.97. The van der Waals surface area contributed by atoms with Gasteiger partial charge in [-0.05, 0) is 25.1 Å². The maximum absolute atomic E-state index is 12.3. The van der Waals surface area contributed by atoms with E-state index in [1.54, 1.807) is 5.38 Å². The minimum absolute atomic E-state index is 0.00624. The van der Waals surface area contributed by atoms with Gasteiger partial charge in [0.05, 0.1) is 27.2 Å². The molecule has 24 heavy (non-hydrogen) atoms. The predicted molar refractivity (Wildman–Crippen MR) is 91.9 cm³/mol. The van der Waals surface area contributed by atoms with Crippen LogP contribution in [0.25, 0.3) is 0 Å². The molecular weight excluding hydrogens is 374 g/mol. The smallest absolute Gasteiger partial charge is 0.257 e. The van der Waals surface area contributed by atoms with E-state index in [1.165, 1.54) is 36.6 Å². The number of thiazole rings is 1. The van der Waals surface area contributed by atoms with Crippen LogP contribution in [0, 0.1) is 6.92 Å². The Kier molecular flexibility index (Phi) is 6.16. The van der Waals surface area contributed by atoms with Gasteiger partial charge in [-0.2, -0.15) is 0 Å². The molecule has 1 amide bonds. The normalized spacial score (nSPS) is 11.3. The number of amides is 1. The summed E-state index contributed by atoms with van der Waals surface area (Å²) in [5.41, 5.74) is 0.651. The quantitative estimate of drug-likeness (QED) is 0.751. The Hall–Kier alpha value is -1.68. The number of benzene rings is 1. The van der Waals surface area contributed by atoms with Crippen LogP contribution in [-0.4, -0.2) is 33.0 Å². The van der Waals surface area contributed by atoms with Gasteiger partial charge in [-0.1, -0.05) is 11.6 Å². The largest absolute Gasteiger partial charge is 0.482 e. The zero-order chi connectivity index (χ0) is 17.7. The molecule has 0 spiro atoms. The number of ether oxygens (including phenoxy) is 1. The summed E-state index contributed by atoms with van der Waals surface area (Å²) in [6.07, 6.45) is 0. The molecule has 1 aromatic carbocycles. The number of likely N-dealkylation sites (N-methyl/N-ethyl adjacent to an activating group) is 1. The van der Waals surface area contributed by atoms with Gasteiger partial charge in [0.2, 0.25) is 10.0 Å². The summed E-state index contributed by atoms with van der Waals surface area (Å²) in [6.45, 7) is 1.74. The summed E-state index contributed by atoms with van der Waals surface area (Å²) in [7, 11) is -2.24. The molecule has 10 heteroatoms. The van der Waals surface area contributed by atoms with Gasteiger partial charge in [0.25, 0.3) is 5.91 Å². The van der Waals surface area contributed by atoms with Crippen LogP contribution in [0.4, 0.5) is 0 Å². The second-order valence-electron chi connectivity index (χ2n) is 4.74. The van der Waals surface area contributed by atoms with Gasteiger partial charge in [-0.15, -0.1) is 11.3 Å². The molecule has 0 unspecified atom stereocenters. The van der Waals surface area contributed by atoms with E-state index in [0.717, 1.165) is 5.01 Å². The van der Waals surface area contributed by atoms with Crippen LogP contribution in [0.1, 0.15) is 10.7 Å². The first-order chi connectivity index (χ1) is 11.3. The molecule has 0 aliphatic carbocycles. The van der Waals surface area contributed by atoms with Crippen LogP contribution in [0.15, 0.2) is 28.5 Å². The van der Waals surface area contributed by atoms with E-state index in [1.807, 2.05) is 6.92 Å². The van der Waals surface area contributed by atoms with Crippen LogP contribution in [0.2, 0.25) is 5.02 Å². The van der Waals surface area contributed by atoms with Crippen LogP contribution in [0.3, 0.4) is 0 Å². The standard InChI is InChI=1S/C14H16ClN3O4S2/c1-9-18-10(8-23-9)6-17-24(20,21)11-3-4-13(12(15)5-11)22-7-14(19)16-2/h3-5,8,17H,6-7H2,1-2H3,(H,16,19). The molecule has 0 saturated heterocycles. The van der Waals surface area contributed by atoms with Gasteiger partial charge in [0.1, 0.15) is 5.75 Å². The lowest BCUT2D eigenvalue weighted by Gasteiger charge is -2.10. The lowest BCUT2D eigenvalue weighted by atomic mass is 10.3. The van der Waals surface area contributed by atoms with E-state index in [9.17, 15) is 13.2 Å². The van der Waals surface area contributed by atoms with Gasteiger partial charge in [0.15, 0.2) is 6.61 Å². The van der Waals surface area contributed by atoms with Gasteiger partial charge in [-0.25, -0.2) is 18.1 Å². The fraction of sp³-hybridized carbons (Fsp3) is 0.286. The molecule has 7 nitrogen and oxygen atoms in total. The Morgan fingerprint density at radius 3 is 2.75 bits per heavy atom. The van der Waals surface area contributed by atoms with Crippen LogP contribution in [0.5, 0.6) is 5.75 Å². The van der Waals surface area contributed by atoms with E-state index >= 15 is 0 Å². The number of sulfonamides is 1. The maximum atomic E-state index is 12.3. The van der Waals surface area contributed by atoms with Crippen molar-refractivity contribution in [3.05, 3.63) is 39.3 Å². The number of carbonyl (C=O) groups is 1. The maximum Gasteiger partial charge on any atom is 0.257 e. The van der Waals surface area contributed by atoms with Crippen LogP contribution >= 0.6 is 22.9 Å². The fourth-order valence-corrected chi connectivity index (χ4v) is 3.66.